The van der Waals surface area contributed by atoms with Gasteiger partial charge >= 0.3 is 6.03 Å². The third-order valence-corrected chi connectivity index (χ3v) is 5.26. The molecule has 26 heavy (non-hydrogen) atoms. The summed E-state index contributed by atoms with van der Waals surface area (Å²) in [7, 11) is 1.83. The lowest BCUT2D eigenvalue weighted by Crippen LogP contribution is -2.28. The molecule has 2 fully saturated rings. The van der Waals surface area contributed by atoms with Crippen LogP contribution in [-0.2, 0) is 0 Å². The number of anilines is 2. The fraction of sp³-hybridized carbons (Fsp3) is 0.412. The second kappa shape index (κ2) is 5.72. The summed E-state index contributed by atoms with van der Waals surface area (Å²) in [6.07, 6.45) is 10.2. The van der Waals surface area contributed by atoms with Gasteiger partial charge < -0.3 is 9.80 Å². The van der Waals surface area contributed by atoms with Gasteiger partial charge in [-0.25, -0.2) is 14.3 Å². The topological polar surface area (TPSA) is 74.8 Å². The molecule has 0 aliphatic carbocycles. The standard InChI is InChI=1S/C17H20N8O/c1-21-8-9-23(17(21)26)14-10-20-25(12-14)13-3-6-22(11-13)16-15-2-4-19-24(15)7-5-18-16/h2,4-5,7,10,12-13H,3,6,8-9,11H2,1H3. The fourth-order valence-electron chi connectivity index (χ4n) is 3.79. The van der Waals surface area contributed by atoms with Gasteiger partial charge in [-0.2, -0.15) is 10.2 Å². The van der Waals surface area contributed by atoms with E-state index in [0.29, 0.717) is 6.54 Å². The van der Waals surface area contributed by atoms with E-state index in [1.54, 1.807) is 28.4 Å². The van der Waals surface area contributed by atoms with E-state index in [0.717, 1.165) is 43.1 Å². The summed E-state index contributed by atoms with van der Waals surface area (Å²) in [5.74, 6) is 0.955. The van der Waals surface area contributed by atoms with Crippen molar-refractivity contribution in [2.45, 2.75) is 12.5 Å². The van der Waals surface area contributed by atoms with Gasteiger partial charge in [0.05, 0.1) is 24.1 Å². The van der Waals surface area contributed by atoms with E-state index in [-0.39, 0.29) is 12.1 Å². The molecule has 3 aromatic heterocycles. The molecule has 9 nitrogen and oxygen atoms in total. The SMILES string of the molecule is CN1CCN(c2cnn(C3CCN(c4nccn5nccc45)C3)c2)C1=O. The largest absolute Gasteiger partial charge is 0.353 e. The van der Waals surface area contributed by atoms with Crippen LogP contribution < -0.4 is 9.80 Å². The van der Waals surface area contributed by atoms with Crippen LogP contribution >= 0.6 is 0 Å². The third kappa shape index (κ3) is 2.31. The van der Waals surface area contributed by atoms with Crippen LogP contribution in [0.25, 0.3) is 5.52 Å². The van der Waals surface area contributed by atoms with Crippen LogP contribution in [0.3, 0.4) is 0 Å². The smallest absolute Gasteiger partial charge is 0.324 e. The summed E-state index contributed by atoms with van der Waals surface area (Å²) in [5.41, 5.74) is 1.88. The molecule has 0 N–H and O–H groups in total. The van der Waals surface area contributed by atoms with Gasteiger partial charge in [-0.05, 0) is 12.5 Å². The van der Waals surface area contributed by atoms with Crippen molar-refractivity contribution in [1.82, 2.24) is 29.3 Å². The van der Waals surface area contributed by atoms with Crippen molar-refractivity contribution in [3.8, 4) is 0 Å². The first-order valence-corrected chi connectivity index (χ1v) is 8.81. The highest BCUT2D eigenvalue weighted by atomic mass is 16.2. The van der Waals surface area contributed by atoms with Gasteiger partial charge in [-0.3, -0.25) is 9.58 Å². The van der Waals surface area contributed by atoms with Crippen LogP contribution in [0.15, 0.2) is 37.1 Å². The predicted molar refractivity (Wildman–Crippen MR) is 96.5 cm³/mol. The van der Waals surface area contributed by atoms with Gasteiger partial charge in [0.15, 0.2) is 5.82 Å². The maximum Gasteiger partial charge on any atom is 0.324 e. The molecule has 0 radical (unpaired) electrons. The van der Waals surface area contributed by atoms with E-state index in [4.69, 9.17) is 0 Å². The average molecular weight is 352 g/mol. The first-order chi connectivity index (χ1) is 12.7. The number of carbonyl (C=O) groups excluding carboxylic acids is 1. The quantitative estimate of drug-likeness (QED) is 0.709. The molecule has 134 valence electrons. The third-order valence-electron chi connectivity index (χ3n) is 5.26. The lowest BCUT2D eigenvalue weighted by Gasteiger charge is -2.18. The second-order valence-electron chi connectivity index (χ2n) is 6.83. The second-order valence-corrected chi connectivity index (χ2v) is 6.83. The van der Waals surface area contributed by atoms with Crippen molar-refractivity contribution in [1.29, 1.82) is 0 Å². The molecule has 2 aliphatic heterocycles. The number of fused-ring (bicyclic) bond motifs is 1. The number of aromatic nitrogens is 5. The first-order valence-electron chi connectivity index (χ1n) is 8.81. The minimum Gasteiger partial charge on any atom is -0.353 e. The number of likely N-dealkylation sites (N-methyl/N-ethyl adjacent to an activating group) is 1. The Morgan fingerprint density at radius 1 is 1.15 bits per heavy atom. The molecule has 0 aromatic carbocycles. The summed E-state index contributed by atoms with van der Waals surface area (Å²) in [5, 5.41) is 8.80. The van der Waals surface area contributed by atoms with Crippen molar-refractivity contribution < 1.29 is 4.79 Å². The number of amides is 2. The zero-order valence-electron chi connectivity index (χ0n) is 14.6. The van der Waals surface area contributed by atoms with Gasteiger partial charge in [0.25, 0.3) is 0 Å². The highest BCUT2D eigenvalue weighted by Crippen LogP contribution is 2.29. The Bertz CT molecular complexity index is 962. The number of carbonyl (C=O) groups is 1. The molecular formula is C17H20N8O. The van der Waals surface area contributed by atoms with E-state index in [2.05, 4.69) is 20.1 Å². The predicted octanol–water partition coefficient (Wildman–Crippen LogP) is 1.25. The van der Waals surface area contributed by atoms with E-state index in [1.807, 2.05) is 34.7 Å². The monoisotopic (exact) mass is 352 g/mol. The summed E-state index contributed by atoms with van der Waals surface area (Å²) in [6, 6.07) is 2.29. The molecule has 9 heteroatoms. The Kier molecular flexibility index (Phi) is 3.34. The summed E-state index contributed by atoms with van der Waals surface area (Å²) < 4.78 is 3.83. The normalized spacial score (nSPS) is 20.7. The first kappa shape index (κ1) is 15.2. The molecule has 5 heterocycles. The molecular weight excluding hydrogens is 332 g/mol. The molecule has 0 bridgehead atoms. The number of hydrogen-bond donors (Lipinski definition) is 0. The average Bonchev–Trinajstić information content (AvgIpc) is 3.42. The maximum absolute atomic E-state index is 12.2. The van der Waals surface area contributed by atoms with Crippen LogP contribution in [0.2, 0.25) is 0 Å². The van der Waals surface area contributed by atoms with E-state index < -0.39 is 0 Å². The minimum absolute atomic E-state index is 0.0363. The highest BCUT2D eigenvalue weighted by molar-refractivity contribution is 5.93. The van der Waals surface area contributed by atoms with Gasteiger partial charge in [-0.15, -0.1) is 0 Å². The molecule has 0 saturated carbocycles. The Morgan fingerprint density at radius 2 is 2.08 bits per heavy atom. The van der Waals surface area contributed by atoms with Crippen molar-refractivity contribution in [3.05, 3.63) is 37.1 Å². The number of nitrogens with zero attached hydrogens (tertiary/aromatic N) is 8. The van der Waals surface area contributed by atoms with Crippen molar-refractivity contribution in [2.75, 3.05) is 43.0 Å². The molecule has 2 saturated heterocycles. The van der Waals surface area contributed by atoms with E-state index >= 15 is 0 Å². The maximum atomic E-state index is 12.2. The number of rotatable bonds is 3. The highest BCUT2D eigenvalue weighted by Gasteiger charge is 2.30. The number of hydrogen-bond acceptors (Lipinski definition) is 5. The van der Waals surface area contributed by atoms with Crippen LogP contribution in [0.4, 0.5) is 16.3 Å². The summed E-state index contributed by atoms with van der Waals surface area (Å²) in [4.78, 5) is 22.5. The Labute approximate surface area is 150 Å². The zero-order valence-corrected chi connectivity index (χ0v) is 14.6. The Morgan fingerprint density at radius 3 is 2.92 bits per heavy atom. The summed E-state index contributed by atoms with van der Waals surface area (Å²) >= 11 is 0. The van der Waals surface area contributed by atoms with Crippen LogP contribution in [-0.4, -0.2) is 68.5 Å². The molecule has 2 amide bonds. The molecule has 0 spiro atoms. The number of urea groups is 1. The van der Waals surface area contributed by atoms with Crippen molar-refractivity contribution in [3.63, 3.8) is 0 Å². The fourth-order valence-corrected chi connectivity index (χ4v) is 3.79. The van der Waals surface area contributed by atoms with Crippen LogP contribution in [0, 0.1) is 0 Å². The minimum atomic E-state index is 0.0363. The van der Waals surface area contributed by atoms with Crippen molar-refractivity contribution >= 4 is 23.1 Å². The molecule has 5 rings (SSSR count). The summed E-state index contributed by atoms with van der Waals surface area (Å²) in [6.45, 7) is 3.23. The molecule has 2 aliphatic rings. The lowest BCUT2D eigenvalue weighted by molar-refractivity contribution is 0.229. The molecule has 3 aromatic rings. The van der Waals surface area contributed by atoms with Crippen molar-refractivity contribution in [2.24, 2.45) is 0 Å². The van der Waals surface area contributed by atoms with Gasteiger partial charge in [-0.1, -0.05) is 0 Å². The van der Waals surface area contributed by atoms with Gasteiger partial charge in [0.2, 0.25) is 0 Å². The lowest BCUT2D eigenvalue weighted by atomic mass is 10.3. The molecule has 1 atom stereocenters. The zero-order chi connectivity index (χ0) is 17.7. The Balaban J connectivity index is 1.35. The van der Waals surface area contributed by atoms with Gasteiger partial charge in [0.1, 0.15) is 5.52 Å². The van der Waals surface area contributed by atoms with E-state index in [1.165, 1.54) is 0 Å². The van der Waals surface area contributed by atoms with E-state index in [9.17, 15) is 4.79 Å². The van der Waals surface area contributed by atoms with Gasteiger partial charge in [0, 0.05) is 51.8 Å². The Hall–Kier alpha value is -3.10. The van der Waals surface area contributed by atoms with Crippen LogP contribution in [0.5, 0.6) is 0 Å². The van der Waals surface area contributed by atoms with Crippen LogP contribution in [0.1, 0.15) is 12.5 Å². The molecule has 1 unspecified atom stereocenters.